The number of hydrogen-bond acceptors (Lipinski definition) is 4. The van der Waals surface area contributed by atoms with Crippen molar-refractivity contribution >= 4 is 5.95 Å². The van der Waals surface area contributed by atoms with Crippen LogP contribution in [0.1, 0.15) is 25.2 Å². The fraction of sp³-hybridized carbons (Fsp3) is 0.636. The molecular formula is C11H19N3O. The van der Waals surface area contributed by atoms with Gasteiger partial charge in [-0.1, -0.05) is 0 Å². The van der Waals surface area contributed by atoms with Gasteiger partial charge in [-0.05, 0) is 33.8 Å². The predicted octanol–water partition coefficient (Wildman–Crippen LogP) is 1.30. The van der Waals surface area contributed by atoms with Crippen molar-refractivity contribution in [3.63, 3.8) is 0 Å². The van der Waals surface area contributed by atoms with Crippen molar-refractivity contribution in [1.29, 1.82) is 0 Å². The average molecular weight is 209 g/mol. The van der Waals surface area contributed by atoms with Crippen LogP contribution in [0.5, 0.6) is 0 Å². The molecule has 0 aliphatic heterocycles. The number of rotatable bonds is 4. The zero-order chi connectivity index (χ0) is 11.4. The van der Waals surface area contributed by atoms with Crippen LogP contribution in [0.25, 0.3) is 0 Å². The molecule has 0 atom stereocenters. The molecule has 0 aromatic carbocycles. The molecule has 0 unspecified atom stereocenters. The lowest BCUT2D eigenvalue weighted by atomic mass is 10.3. The Kier molecular flexibility index (Phi) is 4.03. The van der Waals surface area contributed by atoms with Gasteiger partial charge in [-0.25, -0.2) is 9.97 Å². The molecule has 1 rings (SSSR count). The zero-order valence-electron chi connectivity index (χ0n) is 9.86. The molecule has 1 heterocycles. The molecular weight excluding hydrogens is 190 g/mol. The number of aromatic nitrogens is 2. The largest absolute Gasteiger partial charge is 0.395 e. The van der Waals surface area contributed by atoms with E-state index in [9.17, 15) is 0 Å². The van der Waals surface area contributed by atoms with E-state index in [-0.39, 0.29) is 6.61 Å². The van der Waals surface area contributed by atoms with E-state index < -0.39 is 0 Å². The van der Waals surface area contributed by atoms with Gasteiger partial charge in [-0.2, -0.15) is 0 Å². The van der Waals surface area contributed by atoms with E-state index in [2.05, 4.69) is 23.8 Å². The second-order valence-electron chi connectivity index (χ2n) is 3.96. The number of nitrogens with zero attached hydrogens (tertiary/aromatic N) is 3. The standard InChI is InChI=1S/C11H19N3O/c1-8(2)14(5-6-15)11-12-9(3)7-10(4)13-11/h7-8,15H,5-6H2,1-4H3. The van der Waals surface area contributed by atoms with Crippen molar-refractivity contribution in [2.45, 2.75) is 33.7 Å². The lowest BCUT2D eigenvalue weighted by Gasteiger charge is -2.26. The van der Waals surface area contributed by atoms with Crippen LogP contribution < -0.4 is 4.90 Å². The highest BCUT2D eigenvalue weighted by Crippen LogP contribution is 2.12. The summed E-state index contributed by atoms with van der Waals surface area (Å²) in [5.41, 5.74) is 1.92. The van der Waals surface area contributed by atoms with Gasteiger partial charge in [-0.3, -0.25) is 0 Å². The molecule has 0 fully saturated rings. The van der Waals surface area contributed by atoms with Crippen molar-refractivity contribution < 1.29 is 5.11 Å². The molecule has 0 aliphatic carbocycles. The Morgan fingerprint density at radius 1 is 1.27 bits per heavy atom. The molecule has 4 nitrogen and oxygen atoms in total. The summed E-state index contributed by atoms with van der Waals surface area (Å²) in [7, 11) is 0. The third-order valence-electron chi connectivity index (χ3n) is 2.19. The first-order valence-electron chi connectivity index (χ1n) is 5.24. The fourth-order valence-electron chi connectivity index (χ4n) is 1.53. The summed E-state index contributed by atoms with van der Waals surface area (Å²) >= 11 is 0. The van der Waals surface area contributed by atoms with Crippen LogP contribution in [0.4, 0.5) is 5.95 Å². The molecule has 15 heavy (non-hydrogen) atoms. The highest BCUT2D eigenvalue weighted by atomic mass is 16.3. The maximum Gasteiger partial charge on any atom is 0.226 e. The maximum absolute atomic E-state index is 8.99. The first-order valence-corrected chi connectivity index (χ1v) is 5.24. The molecule has 0 spiro atoms. The van der Waals surface area contributed by atoms with Gasteiger partial charge in [0.15, 0.2) is 0 Å². The smallest absolute Gasteiger partial charge is 0.226 e. The summed E-state index contributed by atoms with van der Waals surface area (Å²) in [6, 6.07) is 2.24. The van der Waals surface area contributed by atoms with Crippen LogP contribution >= 0.6 is 0 Å². The first-order chi connectivity index (χ1) is 7.04. The molecule has 0 saturated carbocycles. The third-order valence-corrected chi connectivity index (χ3v) is 2.19. The summed E-state index contributed by atoms with van der Waals surface area (Å²) in [6.07, 6.45) is 0. The van der Waals surface area contributed by atoms with Gasteiger partial charge in [0.25, 0.3) is 0 Å². The first kappa shape index (κ1) is 11.9. The summed E-state index contributed by atoms with van der Waals surface area (Å²) < 4.78 is 0. The lowest BCUT2D eigenvalue weighted by molar-refractivity contribution is 0.298. The number of anilines is 1. The highest BCUT2D eigenvalue weighted by molar-refractivity contribution is 5.33. The lowest BCUT2D eigenvalue weighted by Crippen LogP contribution is -2.35. The van der Waals surface area contributed by atoms with Crippen LogP contribution in [0, 0.1) is 13.8 Å². The van der Waals surface area contributed by atoms with E-state index in [1.165, 1.54) is 0 Å². The SMILES string of the molecule is Cc1cc(C)nc(N(CCO)C(C)C)n1. The number of aliphatic hydroxyl groups is 1. The van der Waals surface area contributed by atoms with Gasteiger partial charge in [-0.15, -0.1) is 0 Å². The predicted molar refractivity (Wildman–Crippen MR) is 61.1 cm³/mol. The molecule has 0 aliphatic rings. The molecule has 0 bridgehead atoms. The Morgan fingerprint density at radius 3 is 2.20 bits per heavy atom. The van der Waals surface area contributed by atoms with Crippen molar-refractivity contribution in [3.8, 4) is 0 Å². The molecule has 84 valence electrons. The Morgan fingerprint density at radius 2 is 1.80 bits per heavy atom. The Hall–Kier alpha value is -1.16. The van der Waals surface area contributed by atoms with Crippen LogP contribution in [0.2, 0.25) is 0 Å². The minimum Gasteiger partial charge on any atom is -0.395 e. The third kappa shape index (κ3) is 3.16. The molecule has 1 aromatic heterocycles. The van der Waals surface area contributed by atoms with Gasteiger partial charge in [0, 0.05) is 24.0 Å². The van der Waals surface area contributed by atoms with E-state index in [0.717, 1.165) is 11.4 Å². The van der Waals surface area contributed by atoms with Gasteiger partial charge >= 0.3 is 0 Å². The van der Waals surface area contributed by atoms with Crippen LogP contribution in [-0.2, 0) is 0 Å². The van der Waals surface area contributed by atoms with E-state index >= 15 is 0 Å². The monoisotopic (exact) mass is 209 g/mol. The fourth-order valence-corrected chi connectivity index (χ4v) is 1.53. The molecule has 4 heteroatoms. The van der Waals surface area contributed by atoms with Crippen LogP contribution in [-0.4, -0.2) is 34.3 Å². The highest BCUT2D eigenvalue weighted by Gasteiger charge is 2.13. The van der Waals surface area contributed by atoms with Crippen molar-refractivity contribution in [1.82, 2.24) is 9.97 Å². The molecule has 0 amide bonds. The Bertz CT molecular complexity index is 305. The summed E-state index contributed by atoms with van der Waals surface area (Å²) in [6.45, 7) is 8.73. The Balaban J connectivity index is 2.99. The normalized spacial score (nSPS) is 10.8. The molecule has 0 saturated heterocycles. The molecule has 1 aromatic rings. The second kappa shape index (κ2) is 5.07. The van der Waals surface area contributed by atoms with Crippen molar-refractivity contribution in [2.24, 2.45) is 0 Å². The second-order valence-corrected chi connectivity index (χ2v) is 3.96. The van der Waals surface area contributed by atoms with Crippen molar-refractivity contribution in [2.75, 3.05) is 18.1 Å². The molecule has 1 N–H and O–H groups in total. The summed E-state index contributed by atoms with van der Waals surface area (Å²) in [4.78, 5) is 10.8. The number of hydrogen-bond donors (Lipinski definition) is 1. The van der Waals surface area contributed by atoms with E-state index in [4.69, 9.17) is 5.11 Å². The maximum atomic E-state index is 8.99. The summed E-state index contributed by atoms with van der Waals surface area (Å²) in [5.74, 6) is 0.705. The van der Waals surface area contributed by atoms with Crippen LogP contribution in [0.15, 0.2) is 6.07 Å². The topological polar surface area (TPSA) is 49.2 Å². The van der Waals surface area contributed by atoms with E-state index in [0.29, 0.717) is 18.5 Å². The average Bonchev–Trinajstić information content (AvgIpc) is 2.11. The number of aliphatic hydroxyl groups excluding tert-OH is 1. The zero-order valence-corrected chi connectivity index (χ0v) is 9.86. The van der Waals surface area contributed by atoms with Crippen LogP contribution in [0.3, 0.4) is 0 Å². The van der Waals surface area contributed by atoms with Gasteiger partial charge < -0.3 is 10.0 Å². The van der Waals surface area contributed by atoms with Crippen molar-refractivity contribution in [3.05, 3.63) is 17.5 Å². The van der Waals surface area contributed by atoms with Gasteiger partial charge in [0.1, 0.15) is 0 Å². The summed E-state index contributed by atoms with van der Waals surface area (Å²) in [5, 5.41) is 8.99. The van der Waals surface area contributed by atoms with E-state index in [1.54, 1.807) is 0 Å². The quantitative estimate of drug-likeness (QED) is 0.812. The van der Waals surface area contributed by atoms with Gasteiger partial charge in [0.05, 0.1) is 6.61 Å². The van der Waals surface area contributed by atoms with E-state index in [1.807, 2.05) is 24.8 Å². The Labute approximate surface area is 91.0 Å². The number of aryl methyl sites for hydroxylation is 2. The minimum atomic E-state index is 0.120. The molecule has 0 radical (unpaired) electrons. The minimum absolute atomic E-state index is 0.120. The van der Waals surface area contributed by atoms with Gasteiger partial charge in [0.2, 0.25) is 5.95 Å².